The van der Waals surface area contributed by atoms with E-state index in [1.54, 1.807) is 0 Å². The Labute approximate surface area is 279 Å². The molecule has 0 fully saturated rings. The van der Waals surface area contributed by atoms with Crippen LogP contribution in [-0.4, -0.2) is 46.6 Å². The van der Waals surface area contributed by atoms with Crippen molar-refractivity contribution in [3.63, 3.8) is 0 Å². The molecule has 6 heteroatoms. The Morgan fingerprint density at radius 1 is 0.533 bits per heavy atom. The third-order valence-corrected chi connectivity index (χ3v) is 8.55. The zero-order valence-corrected chi connectivity index (χ0v) is 30.3. The Morgan fingerprint density at radius 3 is 1.20 bits per heavy atom. The lowest BCUT2D eigenvalue weighted by molar-refractivity contribution is -0.147. The van der Waals surface area contributed by atoms with Crippen molar-refractivity contribution in [2.75, 3.05) is 13.2 Å². The van der Waals surface area contributed by atoms with Gasteiger partial charge < -0.3 is 20.1 Å². The van der Waals surface area contributed by atoms with Gasteiger partial charge in [0.2, 0.25) is 0 Å². The van der Waals surface area contributed by atoms with E-state index in [2.05, 4.69) is 20.8 Å². The van der Waals surface area contributed by atoms with Gasteiger partial charge in [0, 0.05) is 12.8 Å². The van der Waals surface area contributed by atoms with Crippen LogP contribution in [0.2, 0.25) is 0 Å². The Hall–Kier alpha value is -1.14. The minimum Gasteiger partial charge on any atom is -0.481 e. The van der Waals surface area contributed by atoms with Crippen molar-refractivity contribution in [2.24, 2.45) is 5.92 Å². The molecule has 0 amide bonds. The molecule has 1 atom stereocenters. The monoisotopic (exact) mass is 643 g/mol. The lowest BCUT2D eigenvalue weighted by atomic mass is 10.0. The number of aliphatic hydroxyl groups excluding tert-OH is 2. The summed E-state index contributed by atoms with van der Waals surface area (Å²) >= 11 is 0. The summed E-state index contributed by atoms with van der Waals surface area (Å²) in [7, 11) is 0. The van der Waals surface area contributed by atoms with Crippen LogP contribution in [0.15, 0.2) is 0 Å². The molecule has 3 N–H and O–H groups in total. The first-order chi connectivity index (χ1) is 21.8. The van der Waals surface area contributed by atoms with E-state index in [0.717, 1.165) is 31.6 Å². The molecule has 0 rings (SSSR count). The van der Waals surface area contributed by atoms with E-state index in [0.29, 0.717) is 12.8 Å². The summed E-state index contributed by atoms with van der Waals surface area (Å²) in [4.78, 5) is 21.7. The van der Waals surface area contributed by atoms with Gasteiger partial charge >= 0.3 is 11.9 Å². The summed E-state index contributed by atoms with van der Waals surface area (Å²) in [6, 6.07) is 0. The molecule has 6 nitrogen and oxygen atoms in total. The molecule has 0 aliphatic heterocycles. The number of aliphatic hydroxyl groups is 2. The van der Waals surface area contributed by atoms with E-state index in [4.69, 9.17) is 20.1 Å². The first-order valence-corrected chi connectivity index (χ1v) is 19.5. The number of esters is 1. The van der Waals surface area contributed by atoms with Crippen molar-refractivity contribution >= 4 is 11.9 Å². The molecule has 1 unspecified atom stereocenters. The molecule has 0 aliphatic carbocycles. The van der Waals surface area contributed by atoms with Gasteiger partial charge in [-0.1, -0.05) is 188 Å². The van der Waals surface area contributed by atoms with Crippen molar-refractivity contribution < 1.29 is 29.6 Å². The van der Waals surface area contributed by atoms with Crippen LogP contribution < -0.4 is 0 Å². The van der Waals surface area contributed by atoms with Gasteiger partial charge in [-0.25, -0.2) is 0 Å². The summed E-state index contributed by atoms with van der Waals surface area (Å²) in [6.07, 6.45) is 36.4. The Morgan fingerprint density at radius 2 is 0.867 bits per heavy atom. The highest BCUT2D eigenvalue weighted by atomic mass is 16.5. The van der Waals surface area contributed by atoms with Gasteiger partial charge in [0.1, 0.15) is 12.7 Å². The van der Waals surface area contributed by atoms with E-state index >= 15 is 0 Å². The predicted octanol–water partition coefficient (Wildman–Crippen LogP) is 11.3. The quantitative estimate of drug-likeness (QED) is 0.0476. The molecule has 0 bridgehead atoms. The van der Waals surface area contributed by atoms with E-state index < -0.39 is 12.1 Å². The number of aliphatic carboxylic acids is 1. The van der Waals surface area contributed by atoms with Gasteiger partial charge in [0.05, 0.1) is 6.61 Å². The fourth-order valence-electron chi connectivity index (χ4n) is 5.55. The molecule has 0 saturated carbocycles. The third-order valence-electron chi connectivity index (χ3n) is 8.55. The van der Waals surface area contributed by atoms with Crippen LogP contribution in [0.5, 0.6) is 0 Å². The number of rotatable bonds is 34. The second-order valence-corrected chi connectivity index (χ2v) is 13.8. The van der Waals surface area contributed by atoms with Crippen molar-refractivity contribution in [1.82, 2.24) is 0 Å². The van der Waals surface area contributed by atoms with Crippen LogP contribution in [0.3, 0.4) is 0 Å². The number of carboxylic acid groups (broad SMARTS) is 1. The Bertz CT molecular complexity index is 594. The average Bonchev–Trinajstić information content (AvgIpc) is 3.01. The topological polar surface area (TPSA) is 104 Å². The van der Waals surface area contributed by atoms with Gasteiger partial charge in [0.15, 0.2) is 0 Å². The normalized spacial score (nSPS) is 11.8. The van der Waals surface area contributed by atoms with Crippen molar-refractivity contribution in [3.8, 4) is 0 Å². The van der Waals surface area contributed by atoms with Crippen LogP contribution in [0.25, 0.3) is 0 Å². The van der Waals surface area contributed by atoms with Crippen LogP contribution in [0.1, 0.15) is 213 Å². The van der Waals surface area contributed by atoms with Crippen LogP contribution >= 0.6 is 0 Å². The number of unbranched alkanes of at least 4 members (excludes halogenated alkanes) is 25. The zero-order chi connectivity index (χ0) is 33.6. The third kappa shape index (κ3) is 45.0. The van der Waals surface area contributed by atoms with E-state index in [-0.39, 0.29) is 19.2 Å². The molecule has 0 aromatic heterocycles. The van der Waals surface area contributed by atoms with Crippen molar-refractivity contribution in [3.05, 3.63) is 0 Å². The number of carbonyl (C=O) groups excluding carboxylic acids is 1. The Balaban J connectivity index is 0. The Kier molecular flexibility index (Phi) is 39.9. The average molecular weight is 643 g/mol. The maximum atomic E-state index is 11.4. The number of carbonyl (C=O) groups is 2. The highest BCUT2D eigenvalue weighted by Gasteiger charge is 2.07. The maximum absolute atomic E-state index is 11.4. The van der Waals surface area contributed by atoms with Crippen LogP contribution in [-0.2, 0) is 14.3 Å². The van der Waals surface area contributed by atoms with Gasteiger partial charge in [-0.3, -0.25) is 9.59 Å². The molecule has 0 aliphatic rings. The van der Waals surface area contributed by atoms with Gasteiger partial charge in [-0.2, -0.15) is 0 Å². The molecule has 0 spiro atoms. The fraction of sp³-hybridized carbons (Fsp3) is 0.949. The molecule has 0 heterocycles. The number of hydrogen-bond acceptors (Lipinski definition) is 5. The standard InChI is InChI=1S/C21H42O4.C18H36O2/c1-19(2)15-13-11-9-7-5-3-4-6-8-10-12-14-16-21(24)25-18-20(23)17-22;1-2-3-4-5-6-7-8-9-10-11-12-13-14-15-16-17-18(19)20/h19-20,22-23H,3-18H2,1-2H3;2-17H2,1H3,(H,19,20). The molecule has 270 valence electrons. The van der Waals surface area contributed by atoms with Crippen LogP contribution in [0, 0.1) is 5.92 Å². The minimum atomic E-state index is -0.955. The molecule has 45 heavy (non-hydrogen) atoms. The molecular weight excluding hydrogens is 564 g/mol. The first kappa shape index (κ1) is 46.0. The maximum Gasteiger partial charge on any atom is 0.305 e. The van der Waals surface area contributed by atoms with Crippen molar-refractivity contribution in [1.29, 1.82) is 0 Å². The minimum absolute atomic E-state index is 0.104. The smallest absolute Gasteiger partial charge is 0.305 e. The van der Waals surface area contributed by atoms with E-state index in [1.807, 2.05) is 0 Å². The van der Waals surface area contributed by atoms with E-state index in [9.17, 15) is 9.59 Å². The number of hydrogen-bond donors (Lipinski definition) is 3. The first-order valence-electron chi connectivity index (χ1n) is 19.5. The molecule has 0 saturated heterocycles. The zero-order valence-electron chi connectivity index (χ0n) is 30.3. The van der Waals surface area contributed by atoms with Gasteiger partial charge in [-0.05, 0) is 18.8 Å². The van der Waals surface area contributed by atoms with E-state index in [1.165, 1.54) is 154 Å². The highest BCUT2D eigenvalue weighted by Crippen LogP contribution is 2.15. The van der Waals surface area contributed by atoms with Crippen molar-refractivity contribution in [2.45, 2.75) is 219 Å². The molecular formula is C39H78O6. The van der Waals surface area contributed by atoms with Gasteiger partial charge in [0.25, 0.3) is 0 Å². The lowest BCUT2D eigenvalue weighted by Gasteiger charge is -2.08. The summed E-state index contributed by atoms with van der Waals surface area (Å²) in [5.41, 5.74) is 0. The lowest BCUT2D eigenvalue weighted by Crippen LogP contribution is -2.21. The largest absolute Gasteiger partial charge is 0.481 e. The second kappa shape index (κ2) is 39.0. The molecule has 0 aromatic carbocycles. The predicted molar refractivity (Wildman–Crippen MR) is 191 cm³/mol. The van der Waals surface area contributed by atoms with Gasteiger partial charge in [-0.15, -0.1) is 0 Å². The molecule has 0 radical (unpaired) electrons. The number of ether oxygens (including phenoxy) is 1. The summed E-state index contributed by atoms with van der Waals surface area (Å²) in [5.74, 6) is -0.0783. The van der Waals surface area contributed by atoms with Crippen LogP contribution in [0.4, 0.5) is 0 Å². The summed E-state index contributed by atoms with van der Waals surface area (Å²) in [5, 5.41) is 26.2. The molecule has 0 aromatic rings. The summed E-state index contributed by atoms with van der Waals surface area (Å²) < 4.78 is 4.86. The fourth-order valence-corrected chi connectivity index (χ4v) is 5.55. The SMILES string of the molecule is CC(C)CCCCCCCCCCCCCCC(=O)OCC(O)CO.CCCCCCCCCCCCCCCCCC(=O)O. The number of carboxylic acids is 1. The second-order valence-electron chi connectivity index (χ2n) is 13.8. The highest BCUT2D eigenvalue weighted by molar-refractivity contribution is 5.69. The summed E-state index contributed by atoms with van der Waals surface area (Å²) in [6.45, 7) is 6.40.